The van der Waals surface area contributed by atoms with Crippen molar-refractivity contribution in [3.05, 3.63) is 176 Å². The van der Waals surface area contributed by atoms with E-state index in [4.69, 9.17) is 25.1 Å². The van der Waals surface area contributed by atoms with E-state index in [0.717, 1.165) is 65.3 Å². The summed E-state index contributed by atoms with van der Waals surface area (Å²) >= 11 is 1.60. The molecule has 0 saturated heterocycles. The van der Waals surface area contributed by atoms with Crippen LogP contribution >= 0.6 is 11.3 Å². The molecule has 4 aromatic heterocycles. The van der Waals surface area contributed by atoms with Gasteiger partial charge < -0.3 is 4.57 Å². The first kappa shape index (κ1) is 31.3. The highest BCUT2D eigenvalue weighted by atomic mass is 32.1. The first-order chi connectivity index (χ1) is 27.3. The maximum atomic E-state index is 5.07. The lowest BCUT2D eigenvalue weighted by Gasteiger charge is -2.11. The van der Waals surface area contributed by atoms with Gasteiger partial charge in [0.25, 0.3) is 0 Å². The minimum Gasteiger partial charge on any atom is -0.309 e. The second kappa shape index (κ2) is 12.7. The Hall–Kier alpha value is -7.29. The predicted molar refractivity (Wildman–Crippen MR) is 224 cm³/mol. The Morgan fingerprint density at radius 3 is 1.33 bits per heavy atom. The molecule has 0 unspecified atom stereocenters. The van der Waals surface area contributed by atoms with E-state index >= 15 is 0 Å². The molecule has 0 radical (unpaired) electrons. The van der Waals surface area contributed by atoms with Crippen molar-refractivity contribution < 1.29 is 0 Å². The van der Waals surface area contributed by atoms with Crippen LogP contribution in [-0.4, -0.2) is 34.3 Å². The summed E-state index contributed by atoms with van der Waals surface area (Å²) in [5, 5.41) is 15.8. The molecule has 258 valence electrons. The molecule has 0 fully saturated rings. The molecule has 0 amide bonds. The number of para-hydroxylation sites is 3. The molecule has 0 N–H and O–H groups in total. The monoisotopic (exact) mass is 723 g/mol. The van der Waals surface area contributed by atoms with Gasteiger partial charge in [0.1, 0.15) is 10.0 Å². The van der Waals surface area contributed by atoms with Crippen molar-refractivity contribution >= 4 is 54.9 Å². The number of rotatable bonds is 6. The second-order valence-corrected chi connectivity index (χ2v) is 14.4. The average Bonchev–Trinajstić information content (AvgIpc) is 3.97. The summed E-state index contributed by atoms with van der Waals surface area (Å²) in [6.45, 7) is 0. The highest BCUT2D eigenvalue weighted by Gasteiger charge is 2.20. The highest BCUT2D eigenvalue weighted by Crippen LogP contribution is 2.39. The zero-order valence-corrected chi connectivity index (χ0v) is 30.1. The van der Waals surface area contributed by atoms with E-state index in [0.29, 0.717) is 17.6 Å². The largest absolute Gasteiger partial charge is 0.309 e. The lowest BCUT2D eigenvalue weighted by atomic mass is 10.1. The molecule has 4 heterocycles. The molecule has 7 aromatic carbocycles. The standard InChI is InChI=1S/C47H29N7S/c1-4-14-30(15-5-1)43-48-44(31-16-6-2-7-17-31)50-47(49-43)54-40-23-13-11-21-36(40)38-29-33(25-27-42(38)54)46-52-51-45(55-46)32-24-26-41-37(28-32)35-20-10-12-22-39(35)53(41)34-18-8-3-9-19-34/h1-29H. The van der Waals surface area contributed by atoms with Crippen LogP contribution in [0.3, 0.4) is 0 Å². The zero-order valence-electron chi connectivity index (χ0n) is 29.3. The Morgan fingerprint density at radius 2 is 0.782 bits per heavy atom. The van der Waals surface area contributed by atoms with Crippen molar-refractivity contribution in [3.8, 4) is 55.6 Å². The second-order valence-electron chi connectivity index (χ2n) is 13.4. The van der Waals surface area contributed by atoms with Crippen LogP contribution < -0.4 is 0 Å². The van der Waals surface area contributed by atoms with E-state index in [-0.39, 0.29) is 0 Å². The third-order valence-corrected chi connectivity index (χ3v) is 11.2. The number of aromatic nitrogens is 7. The van der Waals surface area contributed by atoms with Crippen LogP contribution in [-0.2, 0) is 0 Å². The van der Waals surface area contributed by atoms with Crippen molar-refractivity contribution in [2.45, 2.75) is 0 Å². The number of nitrogens with zero attached hydrogens (tertiary/aromatic N) is 7. The fraction of sp³-hybridized carbons (Fsp3) is 0. The smallest absolute Gasteiger partial charge is 0.238 e. The number of fused-ring (bicyclic) bond motifs is 6. The Balaban J connectivity index is 1.03. The van der Waals surface area contributed by atoms with Crippen molar-refractivity contribution in [2.24, 2.45) is 0 Å². The molecule has 0 aliphatic carbocycles. The Bertz CT molecular complexity index is 3140. The van der Waals surface area contributed by atoms with E-state index in [1.165, 1.54) is 16.3 Å². The molecule has 0 spiro atoms. The molecule has 0 saturated carbocycles. The Labute approximate surface area is 319 Å². The predicted octanol–water partition coefficient (Wildman–Crippen LogP) is 11.6. The van der Waals surface area contributed by atoms with Gasteiger partial charge >= 0.3 is 0 Å². The first-order valence-corrected chi connectivity index (χ1v) is 18.9. The molecule has 11 aromatic rings. The van der Waals surface area contributed by atoms with Crippen molar-refractivity contribution in [2.75, 3.05) is 0 Å². The molecule has 7 nitrogen and oxygen atoms in total. The molecule has 0 bridgehead atoms. The molecule has 0 aliphatic heterocycles. The quantitative estimate of drug-likeness (QED) is 0.171. The molecule has 0 atom stereocenters. The molecular weight excluding hydrogens is 695 g/mol. The summed E-state index contributed by atoms with van der Waals surface area (Å²) in [5.74, 6) is 1.81. The maximum absolute atomic E-state index is 5.07. The number of benzene rings is 7. The summed E-state index contributed by atoms with van der Waals surface area (Å²) in [4.78, 5) is 15.1. The number of hydrogen-bond acceptors (Lipinski definition) is 6. The third kappa shape index (κ3) is 5.22. The van der Waals surface area contributed by atoms with Gasteiger partial charge in [-0.2, -0.15) is 9.97 Å². The minimum atomic E-state index is 0.564. The SMILES string of the molecule is c1ccc(-c2nc(-c3ccccc3)nc(-n3c4ccccc4c4cc(-c5nnc(-c6ccc7c(c6)c6ccccc6n7-c6ccccc6)s5)ccc43)n2)cc1. The van der Waals surface area contributed by atoms with Crippen molar-refractivity contribution in [1.29, 1.82) is 0 Å². The van der Waals surface area contributed by atoms with Gasteiger partial charge in [0.2, 0.25) is 5.95 Å². The van der Waals surface area contributed by atoms with Crippen molar-refractivity contribution in [1.82, 2.24) is 34.3 Å². The minimum absolute atomic E-state index is 0.564. The Morgan fingerprint density at radius 1 is 0.345 bits per heavy atom. The molecule has 0 aliphatic rings. The van der Waals surface area contributed by atoms with Crippen LogP contribution in [0.5, 0.6) is 0 Å². The Kier molecular flexibility index (Phi) is 7.21. The van der Waals surface area contributed by atoms with E-state index in [2.05, 4.69) is 124 Å². The van der Waals surface area contributed by atoms with Crippen LogP contribution in [0.25, 0.3) is 99.2 Å². The first-order valence-electron chi connectivity index (χ1n) is 18.1. The zero-order chi connectivity index (χ0) is 36.3. The van der Waals surface area contributed by atoms with Gasteiger partial charge in [-0.05, 0) is 60.7 Å². The van der Waals surface area contributed by atoms with Crippen LogP contribution in [0.4, 0.5) is 0 Å². The molecular formula is C47H29N7S. The molecule has 55 heavy (non-hydrogen) atoms. The van der Waals surface area contributed by atoms with E-state index < -0.39 is 0 Å². The van der Waals surface area contributed by atoms with E-state index in [9.17, 15) is 0 Å². The molecule has 11 rings (SSSR count). The van der Waals surface area contributed by atoms with Crippen LogP contribution in [0.2, 0.25) is 0 Å². The topological polar surface area (TPSA) is 74.3 Å². The number of hydrogen-bond donors (Lipinski definition) is 0. The summed E-state index contributed by atoms with van der Waals surface area (Å²) in [5.41, 5.74) is 9.40. The van der Waals surface area contributed by atoms with Gasteiger partial charge in [-0.3, -0.25) is 4.57 Å². The summed E-state index contributed by atoms with van der Waals surface area (Å²) in [6, 6.07) is 60.7. The van der Waals surface area contributed by atoms with Gasteiger partial charge in [0, 0.05) is 49.5 Å². The van der Waals surface area contributed by atoms with Crippen molar-refractivity contribution in [3.63, 3.8) is 0 Å². The summed E-state index contributed by atoms with van der Waals surface area (Å²) in [7, 11) is 0. The third-order valence-electron chi connectivity index (χ3n) is 10.2. The lowest BCUT2D eigenvalue weighted by molar-refractivity contribution is 0.953. The van der Waals surface area contributed by atoms with Crippen LogP contribution in [0.1, 0.15) is 0 Å². The normalized spacial score (nSPS) is 11.6. The van der Waals surface area contributed by atoms with Gasteiger partial charge in [-0.25, -0.2) is 4.98 Å². The van der Waals surface area contributed by atoms with Gasteiger partial charge in [-0.1, -0.05) is 127 Å². The van der Waals surface area contributed by atoms with Crippen LogP contribution in [0.15, 0.2) is 176 Å². The summed E-state index contributed by atoms with van der Waals surface area (Å²) in [6.07, 6.45) is 0. The fourth-order valence-electron chi connectivity index (χ4n) is 7.64. The van der Waals surface area contributed by atoms with Gasteiger partial charge in [0.15, 0.2) is 11.6 Å². The van der Waals surface area contributed by atoms with Gasteiger partial charge in [-0.15, -0.1) is 10.2 Å². The van der Waals surface area contributed by atoms with Crippen LogP contribution in [0, 0.1) is 0 Å². The summed E-state index contributed by atoms with van der Waals surface area (Å²) < 4.78 is 4.47. The van der Waals surface area contributed by atoms with Gasteiger partial charge in [0.05, 0.1) is 22.1 Å². The average molecular weight is 724 g/mol. The highest BCUT2D eigenvalue weighted by molar-refractivity contribution is 7.17. The lowest BCUT2D eigenvalue weighted by Crippen LogP contribution is -2.06. The van der Waals surface area contributed by atoms with E-state index in [1.54, 1.807) is 11.3 Å². The molecule has 8 heteroatoms. The fourth-order valence-corrected chi connectivity index (χ4v) is 8.47. The maximum Gasteiger partial charge on any atom is 0.238 e. The van der Waals surface area contributed by atoms with E-state index in [1.807, 2.05) is 60.7 Å².